The highest BCUT2D eigenvalue weighted by atomic mass is 16.5. The van der Waals surface area contributed by atoms with Crippen LogP contribution in [0.1, 0.15) is 28.7 Å². The van der Waals surface area contributed by atoms with Crippen molar-refractivity contribution in [2.75, 3.05) is 0 Å². The van der Waals surface area contributed by atoms with Crippen LogP contribution in [0, 0.1) is 13.8 Å². The molecule has 0 aromatic carbocycles. The highest BCUT2D eigenvalue weighted by Gasteiger charge is 2.19. The van der Waals surface area contributed by atoms with Crippen LogP contribution >= 0.6 is 0 Å². The fourth-order valence-corrected chi connectivity index (χ4v) is 2.43. The molecule has 0 fully saturated rings. The molecule has 114 valence electrons. The number of carbonyl (C=O) groups excluding carboxylic acids is 1. The number of fused-ring (bicyclic) bond motifs is 1. The van der Waals surface area contributed by atoms with Gasteiger partial charge in [0, 0.05) is 24.1 Å². The van der Waals surface area contributed by atoms with Gasteiger partial charge in [0.2, 0.25) is 0 Å². The molecule has 3 heterocycles. The largest absolute Gasteiger partial charge is 0.348 e. The normalized spacial score (nSPS) is 12.5. The summed E-state index contributed by atoms with van der Waals surface area (Å²) in [6.45, 7) is 6.16. The monoisotopic (exact) mass is 299 g/mol. The van der Waals surface area contributed by atoms with Crippen molar-refractivity contribution in [1.29, 1.82) is 0 Å². The SMILES string of the molecule is Cc1cc(C(=O)N[C@@H](C)Cn2cccn2)c2c(C)noc2n1. The number of pyridine rings is 1. The molecule has 0 radical (unpaired) electrons. The Kier molecular flexibility index (Phi) is 3.62. The molecule has 3 rings (SSSR count). The molecule has 7 nitrogen and oxygen atoms in total. The first-order chi connectivity index (χ1) is 10.5. The van der Waals surface area contributed by atoms with Gasteiger partial charge in [0.1, 0.15) is 0 Å². The predicted octanol–water partition coefficient (Wildman–Crippen LogP) is 1.85. The minimum Gasteiger partial charge on any atom is -0.348 e. The molecule has 0 aliphatic carbocycles. The van der Waals surface area contributed by atoms with Crippen LogP contribution < -0.4 is 5.32 Å². The summed E-state index contributed by atoms with van der Waals surface area (Å²) in [5.41, 5.74) is 2.30. The van der Waals surface area contributed by atoms with E-state index in [9.17, 15) is 4.79 Å². The first-order valence-corrected chi connectivity index (χ1v) is 7.06. The van der Waals surface area contributed by atoms with Crippen LogP contribution in [-0.4, -0.2) is 31.9 Å². The molecule has 3 aromatic heterocycles. The molecule has 1 atom stereocenters. The standard InChI is InChI=1S/C15H17N5O2/c1-9-7-12(13-11(3)19-22-15(13)18-9)14(21)17-10(2)8-20-6-4-5-16-20/h4-7,10H,8H2,1-3H3,(H,17,21)/t10-/m0/s1. The van der Waals surface area contributed by atoms with E-state index in [1.165, 1.54) is 0 Å². The Balaban J connectivity index is 1.84. The van der Waals surface area contributed by atoms with Gasteiger partial charge >= 0.3 is 0 Å². The van der Waals surface area contributed by atoms with Crippen molar-refractivity contribution in [2.24, 2.45) is 0 Å². The summed E-state index contributed by atoms with van der Waals surface area (Å²) in [7, 11) is 0. The lowest BCUT2D eigenvalue weighted by atomic mass is 10.1. The van der Waals surface area contributed by atoms with Crippen molar-refractivity contribution in [1.82, 2.24) is 25.2 Å². The summed E-state index contributed by atoms with van der Waals surface area (Å²) in [6.07, 6.45) is 3.58. The fourth-order valence-electron chi connectivity index (χ4n) is 2.43. The van der Waals surface area contributed by atoms with Crippen molar-refractivity contribution >= 4 is 17.0 Å². The topological polar surface area (TPSA) is 85.8 Å². The maximum Gasteiger partial charge on any atom is 0.258 e. The van der Waals surface area contributed by atoms with Crippen molar-refractivity contribution in [3.05, 3.63) is 41.5 Å². The van der Waals surface area contributed by atoms with Gasteiger partial charge in [-0.1, -0.05) is 5.16 Å². The van der Waals surface area contributed by atoms with E-state index in [1.807, 2.05) is 26.1 Å². The van der Waals surface area contributed by atoms with E-state index in [4.69, 9.17) is 4.52 Å². The first kappa shape index (κ1) is 14.2. The third-order valence-electron chi connectivity index (χ3n) is 3.39. The quantitative estimate of drug-likeness (QED) is 0.794. The third kappa shape index (κ3) is 2.69. The second-order valence-corrected chi connectivity index (χ2v) is 5.36. The number of carbonyl (C=O) groups is 1. The van der Waals surface area contributed by atoms with Crippen LogP contribution in [0.4, 0.5) is 0 Å². The smallest absolute Gasteiger partial charge is 0.258 e. The lowest BCUT2D eigenvalue weighted by Crippen LogP contribution is -2.36. The van der Waals surface area contributed by atoms with Crippen molar-refractivity contribution in [2.45, 2.75) is 33.4 Å². The number of nitrogens with one attached hydrogen (secondary N) is 1. The minimum atomic E-state index is -0.165. The highest BCUT2D eigenvalue weighted by Crippen LogP contribution is 2.21. The first-order valence-electron chi connectivity index (χ1n) is 7.06. The Morgan fingerprint density at radius 3 is 3.00 bits per heavy atom. The van der Waals surface area contributed by atoms with Gasteiger partial charge in [0.05, 0.1) is 23.2 Å². The Morgan fingerprint density at radius 1 is 1.45 bits per heavy atom. The number of aryl methyl sites for hydroxylation is 2. The molecule has 0 saturated carbocycles. The number of rotatable bonds is 4. The maximum atomic E-state index is 12.6. The van der Waals surface area contributed by atoms with Crippen LogP contribution in [0.25, 0.3) is 11.1 Å². The molecule has 0 unspecified atom stereocenters. The molecule has 0 spiro atoms. The van der Waals surface area contributed by atoms with E-state index in [0.29, 0.717) is 34.6 Å². The molecule has 0 saturated heterocycles. The zero-order chi connectivity index (χ0) is 15.7. The minimum absolute atomic E-state index is 0.0592. The van der Waals surface area contributed by atoms with Gasteiger partial charge in [-0.05, 0) is 32.9 Å². The molecule has 1 amide bonds. The third-order valence-corrected chi connectivity index (χ3v) is 3.39. The summed E-state index contributed by atoms with van der Waals surface area (Å²) < 4.78 is 6.94. The number of aromatic nitrogens is 4. The number of hydrogen-bond donors (Lipinski definition) is 1. The number of nitrogens with zero attached hydrogens (tertiary/aromatic N) is 4. The summed E-state index contributed by atoms with van der Waals surface area (Å²) in [4.78, 5) is 16.8. The Labute approximate surface area is 127 Å². The van der Waals surface area contributed by atoms with E-state index in [-0.39, 0.29) is 11.9 Å². The van der Waals surface area contributed by atoms with E-state index in [0.717, 1.165) is 0 Å². The number of hydrogen-bond acceptors (Lipinski definition) is 5. The predicted molar refractivity (Wildman–Crippen MR) is 80.4 cm³/mol. The van der Waals surface area contributed by atoms with Crippen LogP contribution in [-0.2, 0) is 6.54 Å². The molecule has 1 N–H and O–H groups in total. The van der Waals surface area contributed by atoms with Gasteiger partial charge in [0.25, 0.3) is 11.6 Å². The summed E-state index contributed by atoms with van der Waals surface area (Å²) in [5, 5.41) is 11.7. The van der Waals surface area contributed by atoms with E-state index in [2.05, 4.69) is 20.6 Å². The van der Waals surface area contributed by atoms with E-state index >= 15 is 0 Å². The molecule has 0 bridgehead atoms. The summed E-state index contributed by atoms with van der Waals surface area (Å²) >= 11 is 0. The molecule has 7 heteroatoms. The molecular formula is C15H17N5O2. The zero-order valence-corrected chi connectivity index (χ0v) is 12.7. The average Bonchev–Trinajstić information content (AvgIpc) is 3.08. The molecule has 0 aliphatic heterocycles. The maximum absolute atomic E-state index is 12.6. The van der Waals surface area contributed by atoms with Gasteiger partial charge in [-0.2, -0.15) is 5.10 Å². The molecular weight excluding hydrogens is 282 g/mol. The number of amides is 1. The molecule has 0 aliphatic rings. The Morgan fingerprint density at radius 2 is 2.27 bits per heavy atom. The lowest BCUT2D eigenvalue weighted by molar-refractivity contribution is 0.0937. The zero-order valence-electron chi connectivity index (χ0n) is 12.7. The highest BCUT2D eigenvalue weighted by molar-refractivity contribution is 6.06. The van der Waals surface area contributed by atoms with Gasteiger partial charge in [-0.15, -0.1) is 0 Å². The second-order valence-electron chi connectivity index (χ2n) is 5.36. The molecule has 22 heavy (non-hydrogen) atoms. The van der Waals surface area contributed by atoms with Crippen molar-refractivity contribution in [3.63, 3.8) is 0 Å². The van der Waals surface area contributed by atoms with Crippen molar-refractivity contribution in [3.8, 4) is 0 Å². The van der Waals surface area contributed by atoms with Crippen LogP contribution in [0.15, 0.2) is 29.0 Å². The van der Waals surface area contributed by atoms with Crippen LogP contribution in [0.2, 0.25) is 0 Å². The summed E-state index contributed by atoms with van der Waals surface area (Å²) in [5.74, 6) is -0.165. The lowest BCUT2D eigenvalue weighted by Gasteiger charge is -2.14. The van der Waals surface area contributed by atoms with Crippen LogP contribution in [0.3, 0.4) is 0 Å². The molecule has 3 aromatic rings. The van der Waals surface area contributed by atoms with Gasteiger partial charge in [-0.25, -0.2) is 4.98 Å². The Bertz CT molecular complexity index is 807. The van der Waals surface area contributed by atoms with Gasteiger partial charge in [-0.3, -0.25) is 9.48 Å². The van der Waals surface area contributed by atoms with Gasteiger partial charge in [0.15, 0.2) is 0 Å². The van der Waals surface area contributed by atoms with Crippen molar-refractivity contribution < 1.29 is 9.32 Å². The average molecular weight is 299 g/mol. The fraction of sp³-hybridized carbons (Fsp3) is 0.333. The van der Waals surface area contributed by atoms with E-state index < -0.39 is 0 Å². The summed E-state index contributed by atoms with van der Waals surface area (Å²) in [6, 6.07) is 3.55. The van der Waals surface area contributed by atoms with Crippen LogP contribution in [0.5, 0.6) is 0 Å². The van der Waals surface area contributed by atoms with E-state index in [1.54, 1.807) is 23.9 Å². The van der Waals surface area contributed by atoms with Gasteiger partial charge < -0.3 is 9.84 Å². The Hall–Kier alpha value is -2.70. The second kappa shape index (κ2) is 5.59.